The molecular weight excluding hydrogens is 388 g/mol. The van der Waals surface area contributed by atoms with Gasteiger partial charge >= 0.3 is 5.97 Å². The molecule has 1 heterocycles. The van der Waals surface area contributed by atoms with Gasteiger partial charge in [0, 0.05) is 4.88 Å². The monoisotopic (exact) mass is 408 g/mol. The van der Waals surface area contributed by atoms with Crippen LogP contribution in [-0.4, -0.2) is 33.7 Å². The minimum absolute atomic E-state index is 0.171. The van der Waals surface area contributed by atoms with E-state index in [0.29, 0.717) is 10.6 Å². The Bertz CT molecular complexity index is 995. The molecule has 0 radical (unpaired) electrons. The number of thiophene rings is 1. The first-order valence-corrected chi connectivity index (χ1v) is 11.1. The first kappa shape index (κ1) is 19.4. The van der Waals surface area contributed by atoms with Crippen molar-refractivity contribution in [3.63, 3.8) is 0 Å². The summed E-state index contributed by atoms with van der Waals surface area (Å²) in [6.45, 7) is 0. The van der Waals surface area contributed by atoms with Gasteiger partial charge in [0.1, 0.15) is 5.00 Å². The third kappa shape index (κ3) is 4.30. The van der Waals surface area contributed by atoms with Gasteiger partial charge < -0.3 is 10.1 Å². The molecule has 1 aliphatic rings. The summed E-state index contributed by atoms with van der Waals surface area (Å²) in [6, 6.07) is 6.31. The number of para-hydroxylation sites is 1. The number of sulfonamides is 1. The first-order valence-electron chi connectivity index (χ1n) is 8.41. The molecule has 3 rings (SSSR count). The van der Waals surface area contributed by atoms with Gasteiger partial charge in [-0.05, 0) is 43.4 Å². The normalized spacial score (nSPS) is 13.6. The van der Waals surface area contributed by atoms with Crippen molar-refractivity contribution in [2.45, 2.75) is 25.7 Å². The molecule has 9 heteroatoms. The van der Waals surface area contributed by atoms with Crippen LogP contribution in [0.1, 0.15) is 44.0 Å². The van der Waals surface area contributed by atoms with E-state index in [1.165, 1.54) is 30.6 Å². The number of carbonyl (C=O) groups excluding carboxylic acids is 2. The van der Waals surface area contributed by atoms with Gasteiger partial charge in [0.25, 0.3) is 5.91 Å². The van der Waals surface area contributed by atoms with E-state index in [1.54, 1.807) is 12.1 Å². The molecule has 0 atom stereocenters. The number of fused-ring (bicyclic) bond motifs is 1. The first-order chi connectivity index (χ1) is 12.8. The van der Waals surface area contributed by atoms with E-state index in [0.717, 1.165) is 42.4 Å². The number of aryl methyl sites for hydroxylation is 1. The Morgan fingerprint density at radius 1 is 1.15 bits per heavy atom. The lowest BCUT2D eigenvalue weighted by Crippen LogP contribution is -2.18. The topological polar surface area (TPSA) is 102 Å². The maximum absolute atomic E-state index is 12.8. The zero-order valence-corrected chi connectivity index (χ0v) is 16.6. The Hall–Kier alpha value is -2.39. The summed E-state index contributed by atoms with van der Waals surface area (Å²) in [7, 11) is -2.22. The highest BCUT2D eigenvalue weighted by molar-refractivity contribution is 7.92. The molecule has 0 fully saturated rings. The highest BCUT2D eigenvalue weighted by atomic mass is 32.2. The number of methoxy groups -OCH3 is 1. The average Bonchev–Trinajstić information content (AvgIpc) is 2.97. The molecule has 2 aromatic rings. The summed E-state index contributed by atoms with van der Waals surface area (Å²) in [6.07, 6.45) is 4.69. The van der Waals surface area contributed by atoms with Crippen molar-refractivity contribution in [3.8, 4) is 0 Å². The Morgan fingerprint density at radius 2 is 1.85 bits per heavy atom. The quantitative estimate of drug-likeness (QED) is 0.741. The average molecular weight is 409 g/mol. The highest BCUT2D eigenvalue weighted by Crippen LogP contribution is 2.39. The van der Waals surface area contributed by atoms with Crippen molar-refractivity contribution in [2.24, 2.45) is 0 Å². The van der Waals surface area contributed by atoms with E-state index < -0.39 is 21.9 Å². The maximum atomic E-state index is 12.8. The minimum atomic E-state index is -3.54. The number of hydrogen-bond acceptors (Lipinski definition) is 6. The van der Waals surface area contributed by atoms with E-state index in [2.05, 4.69) is 10.0 Å². The van der Waals surface area contributed by atoms with Gasteiger partial charge in [0.2, 0.25) is 10.0 Å². The number of nitrogens with one attached hydrogen (secondary N) is 2. The fraction of sp³-hybridized carbons (Fsp3) is 0.333. The number of carbonyl (C=O) groups is 2. The van der Waals surface area contributed by atoms with Gasteiger partial charge in [0.15, 0.2) is 0 Å². The number of anilines is 2. The van der Waals surface area contributed by atoms with Crippen LogP contribution in [0, 0.1) is 0 Å². The molecule has 7 nitrogen and oxygen atoms in total. The Labute approximate surface area is 161 Å². The number of rotatable bonds is 5. The van der Waals surface area contributed by atoms with Gasteiger partial charge in [0.05, 0.1) is 30.2 Å². The lowest BCUT2D eigenvalue weighted by Gasteiger charge is -2.12. The summed E-state index contributed by atoms with van der Waals surface area (Å²) in [5.74, 6) is -0.974. The summed E-state index contributed by atoms with van der Waals surface area (Å²) in [5, 5.41) is 3.21. The van der Waals surface area contributed by atoms with Crippen LogP contribution in [0.15, 0.2) is 24.3 Å². The van der Waals surface area contributed by atoms with Crippen molar-refractivity contribution in [1.82, 2.24) is 0 Å². The molecule has 0 bridgehead atoms. The van der Waals surface area contributed by atoms with Gasteiger partial charge in [-0.15, -0.1) is 11.3 Å². The SMILES string of the molecule is COC(=O)c1c(NC(=O)c2ccccc2NS(C)(=O)=O)sc2c1CCCC2. The Morgan fingerprint density at radius 3 is 2.56 bits per heavy atom. The fourth-order valence-electron chi connectivity index (χ4n) is 3.11. The molecule has 0 spiro atoms. The number of amides is 1. The predicted octanol–water partition coefficient (Wildman–Crippen LogP) is 3.04. The van der Waals surface area contributed by atoms with Gasteiger partial charge in [-0.2, -0.15) is 0 Å². The second-order valence-corrected chi connectivity index (χ2v) is 9.13. The molecule has 1 amide bonds. The van der Waals surface area contributed by atoms with Crippen molar-refractivity contribution >= 4 is 43.9 Å². The van der Waals surface area contributed by atoms with Crippen LogP contribution in [-0.2, 0) is 27.6 Å². The van der Waals surface area contributed by atoms with Crippen LogP contribution in [0.2, 0.25) is 0 Å². The summed E-state index contributed by atoms with van der Waals surface area (Å²) in [4.78, 5) is 26.2. The fourth-order valence-corrected chi connectivity index (χ4v) is 4.96. The molecule has 1 aromatic heterocycles. The van der Waals surface area contributed by atoms with Crippen LogP contribution in [0.25, 0.3) is 0 Å². The molecule has 1 aromatic carbocycles. The molecule has 2 N–H and O–H groups in total. The zero-order chi connectivity index (χ0) is 19.6. The second kappa shape index (κ2) is 7.69. The molecule has 1 aliphatic carbocycles. The molecular formula is C18H20N2O5S2. The highest BCUT2D eigenvalue weighted by Gasteiger charge is 2.27. The largest absolute Gasteiger partial charge is 0.465 e. The standard InChI is InChI=1S/C18H20N2O5S2/c1-25-18(22)15-12-8-4-6-10-14(12)26-17(15)19-16(21)11-7-3-5-9-13(11)20-27(2,23)24/h3,5,7,9,20H,4,6,8,10H2,1-2H3,(H,19,21). The van der Waals surface area contributed by atoms with Gasteiger partial charge in [-0.1, -0.05) is 12.1 Å². The molecule has 0 unspecified atom stereocenters. The van der Waals surface area contributed by atoms with Crippen molar-refractivity contribution < 1.29 is 22.7 Å². The van der Waals surface area contributed by atoms with Crippen LogP contribution in [0.5, 0.6) is 0 Å². The summed E-state index contributed by atoms with van der Waals surface area (Å²) in [5.41, 5.74) is 1.69. The van der Waals surface area contributed by atoms with E-state index in [4.69, 9.17) is 4.74 Å². The van der Waals surface area contributed by atoms with Gasteiger partial charge in [-0.25, -0.2) is 13.2 Å². The number of ether oxygens (including phenoxy) is 1. The van der Waals surface area contributed by atoms with E-state index in [1.807, 2.05) is 0 Å². The third-order valence-electron chi connectivity index (χ3n) is 4.25. The zero-order valence-electron chi connectivity index (χ0n) is 15.0. The number of esters is 1. The minimum Gasteiger partial charge on any atom is -0.465 e. The van der Waals surface area contributed by atoms with Crippen molar-refractivity contribution in [2.75, 3.05) is 23.4 Å². The predicted molar refractivity (Wildman–Crippen MR) is 105 cm³/mol. The van der Waals surface area contributed by atoms with Crippen LogP contribution in [0.4, 0.5) is 10.7 Å². The second-order valence-electron chi connectivity index (χ2n) is 6.28. The van der Waals surface area contributed by atoms with Crippen LogP contribution in [0.3, 0.4) is 0 Å². The van der Waals surface area contributed by atoms with Gasteiger partial charge in [-0.3, -0.25) is 9.52 Å². The van der Waals surface area contributed by atoms with E-state index in [9.17, 15) is 18.0 Å². The van der Waals surface area contributed by atoms with E-state index >= 15 is 0 Å². The molecule has 0 saturated carbocycles. The van der Waals surface area contributed by atoms with Crippen LogP contribution < -0.4 is 10.0 Å². The van der Waals surface area contributed by atoms with Crippen molar-refractivity contribution in [1.29, 1.82) is 0 Å². The Kier molecular flexibility index (Phi) is 5.52. The summed E-state index contributed by atoms with van der Waals surface area (Å²) >= 11 is 1.38. The van der Waals surface area contributed by atoms with E-state index in [-0.39, 0.29) is 11.3 Å². The molecule has 27 heavy (non-hydrogen) atoms. The lowest BCUT2D eigenvalue weighted by molar-refractivity contribution is 0.0601. The number of hydrogen-bond donors (Lipinski definition) is 2. The molecule has 144 valence electrons. The molecule has 0 aliphatic heterocycles. The Balaban J connectivity index is 1.96. The third-order valence-corrected chi connectivity index (χ3v) is 6.05. The summed E-state index contributed by atoms with van der Waals surface area (Å²) < 4.78 is 30.3. The number of benzene rings is 1. The molecule has 0 saturated heterocycles. The van der Waals surface area contributed by atoms with Crippen molar-refractivity contribution in [3.05, 3.63) is 45.8 Å². The maximum Gasteiger partial charge on any atom is 0.341 e. The van der Waals surface area contributed by atoms with Crippen LogP contribution >= 0.6 is 11.3 Å². The smallest absolute Gasteiger partial charge is 0.341 e. The lowest BCUT2D eigenvalue weighted by atomic mass is 9.95.